The summed E-state index contributed by atoms with van der Waals surface area (Å²) in [6.07, 6.45) is 7.01. The second-order valence-electron chi connectivity index (χ2n) is 3.74. The van der Waals surface area contributed by atoms with Crippen molar-refractivity contribution in [1.29, 1.82) is 0 Å². The maximum Gasteiger partial charge on any atom is 0.508 e. The van der Waals surface area contributed by atoms with Crippen LogP contribution in [0.15, 0.2) is 0 Å². The van der Waals surface area contributed by atoms with Crippen molar-refractivity contribution in [3.63, 3.8) is 0 Å². The summed E-state index contributed by atoms with van der Waals surface area (Å²) in [5.74, 6) is 0.752. The molecule has 14 heavy (non-hydrogen) atoms. The smallest absolute Gasteiger partial charge is 0.434 e. The molecule has 0 aromatic heterocycles. The van der Waals surface area contributed by atoms with Crippen LogP contribution in [0, 0.1) is 12.5 Å². The average Bonchev–Trinajstić information content (AvgIpc) is 2.20. The quantitative estimate of drug-likeness (QED) is 0.652. The summed E-state index contributed by atoms with van der Waals surface area (Å²) in [6.45, 7) is 3.49. The Balaban J connectivity index is 1.99. The zero-order valence-corrected chi connectivity index (χ0v) is 8.83. The summed E-state index contributed by atoms with van der Waals surface area (Å²) < 4.78 is 9.44. The van der Waals surface area contributed by atoms with Crippen molar-refractivity contribution in [3.8, 4) is 0 Å². The zero-order valence-electron chi connectivity index (χ0n) is 8.83. The highest BCUT2D eigenvalue weighted by molar-refractivity contribution is 5.60. The lowest BCUT2D eigenvalue weighted by Crippen LogP contribution is -2.12. The van der Waals surface area contributed by atoms with Gasteiger partial charge in [-0.3, -0.25) is 0 Å². The van der Waals surface area contributed by atoms with Crippen LogP contribution in [0.5, 0.6) is 0 Å². The van der Waals surface area contributed by atoms with Crippen molar-refractivity contribution < 1.29 is 14.3 Å². The fourth-order valence-electron chi connectivity index (χ4n) is 1.91. The normalized spacial score (nSPS) is 17.8. The van der Waals surface area contributed by atoms with E-state index in [1.165, 1.54) is 38.7 Å². The van der Waals surface area contributed by atoms with Crippen LogP contribution in [0.1, 0.15) is 45.4 Å². The minimum Gasteiger partial charge on any atom is -0.434 e. The van der Waals surface area contributed by atoms with Crippen molar-refractivity contribution in [3.05, 3.63) is 6.61 Å². The number of ether oxygens (including phenoxy) is 2. The molecule has 0 aromatic rings. The van der Waals surface area contributed by atoms with Crippen LogP contribution in [0.4, 0.5) is 4.79 Å². The molecule has 1 fully saturated rings. The Morgan fingerprint density at radius 1 is 1.36 bits per heavy atom. The SMILES string of the molecule is C[CH]OC(=O)OCCC1CCCCC1. The number of rotatable bonds is 4. The second kappa shape index (κ2) is 6.68. The van der Waals surface area contributed by atoms with Gasteiger partial charge in [0.2, 0.25) is 0 Å². The first kappa shape index (κ1) is 11.3. The molecule has 0 N–H and O–H groups in total. The molecule has 0 spiro atoms. The van der Waals surface area contributed by atoms with Crippen LogP contribution in [-0.2, 0) is 9.47 Å². The van der Waals surface area contributed by atoms with E-state index in [2.05, 4.69) is 4.74 Å². The van der Waals surface area contributed by atoms with Crippen LogP contribution < -0.4 is 0 Å². The van der Waals surface area contributed by atoms with E-state index in [1.54, 1.807) is 6.92 Å². The number of carbonyl (C=O) groups is 1. The number of carbonyl (C=O) groups excluding carboxylic acids is 1. The van der Waals surface area contributed by atoms with E-state index in [-0.39, 0.29) is 0 Å². The van der Waals surface area contributed by atoms with Crippen LogP contribution >= 0.6 is 0 Å². The van der Waals surface area contributed by atoms with Gasteiger partial charge in [-0.25, -0.2) is 4.79 Å². The molecule has 0 aromatic carbocycles. The maximum atomic E-state index is 10.8. The van der Waals surface area contributed by atoms with E-state index in [0.717, 1.165) is 12.3 Å². The van der Waals surface area contributed by atoms with Gasteiger partial charge in [0.25, 0.3) is 0 Å². The first-order valence-corrected chi connectivity index (χ1v) is 5.44. The second-order valence-corrected chi connectivity index (χ2v) is 3.74. The topological polar surface area (TPSA) is 35.5 Å². The molecule has 1 saturated carbocycles. The van der Waals surface area contributed by atoms with Gasteiger partial charge in [0.15, 0.2) is 0 Å². The van der Waals surface area contributed by atoms with E-state index in [0.29, 0.717) is 6.61 Å². The van der Waals surface area contributed by atoms with Crippen molar-refractivity contribution in [2.24, 2.45) is 5.92 Å². The highest BCUT2D eigenvalue weighted by Crippen LogP contribution is 2.26. The standard InChI is InChI=1S/C11H19O3/c1-2-13-11(12)14-9-8-10-6-4-3-5-7-10/h2,10H,3-9H2,1H3. The lowest BCUT2D eigenvalue weighted by molar-refractivity contribution is 0.0685. The molecule has 0 amide bonds. The molecule has 0 aliphatic heterocycles. The van der Waals surface area contributed by atoms with Crippen LogP contribution in [0.25, 0.3) is 0 Å². The molecule has 0 atom stereocenters. The predicted octanol–water partition coefficient (Wildman–Crippen LogP) is 3.29. The number of hydrogen-bond acceptors (Lipinski definition) is 3. The third kappa shape index (κ3) is 4.49. The van der Waals surface area contributed by atoms with E-state index >= 15 is 0 Å². The van der Waals surface area contributed by atoms with Crippen molar-refractivity contribution in [1.82, 2.24) is 0 Å². The van der Waals surface area contributed by atoms with E-state index in [4.69, 9.17) is 4.74 Å². The molecular formula is C11H19O3. The lowest BCUT2D eigenvalue weighted by atomic mass is 9.87. The van der Waals surface area contributed by atoms with Gasteiger partial charge in [-0.2, -0.15) is 0 Å². The molecule has 0 unspecified atom stereocenters. The fourth-order valence-corrected chi connectivity index (χ4v) is 1.91. The summed E-state index contributed by atoms with van der Waals surface area (Å²) in [5.41, 5.74) is 0. The predicted molar refractivity (Wildman–Crippen MR) is 53.6 cm³/mol. The van der Waals surface area contributed by atoms with Crippen LogP contribution in [0.3, 0.4) is 0 Å². The summed E-state index contributed by atoms with van der Waals surface area (Å²) in [5, 5.41) is 0. The minimum atomic E-state index is -0.580. The molecule has 3 heteroatoms. The summed E-state index contributed by atoms with van der Waals surface area (Å²) >= 11 is 0. The molecule has 0 saturated heterocycles. The third-order valence-corrected chi connectivity index (χ3v) is 2.68. The van der Waals surface area contributed by atoms with E-state index in [1.807, 2.05) is 0 Å². The Bertz CT molecular complexity index is 162. The Morgan fingerprint density at radius 3 is 2.71 bits per heavy atom. The Labute approximate surface area is 85.8 Å². The summed E-state index contributed by atoms with van der Waals surface area (Å²) in [6, 6.07) is 0. The van der Waals surface area contributed by atoms with Gasteiger partial charge in [-0.15, -0.1) is 0 Å². The lowest BCUT2D eigenvalue weighted by Gasteiger charge is -2.20. The molecule has 81 valence electrons. The van der Waals surface area contributed by atoms with Crippen LogP contribution in [-0.4, -0.2) is 12.8 Å². The fraction of sp³-hybridized carbons (Fsp3) is 0.818. The summed E-state index contributed by atoms with van der Waals surface area (Å²) in [7, 11) is 0. The molecule has 0 bridgehead atoms. The summed E-state index contributed by atoms with van der Waals surface area (Å²) in [4.78, 5) is 10.8. The Hall–Kier alpha value is -0.730. The monoisotopic (exact) mass is 199 g/mol. The Kier molecular flexibility index (Phi) is 5.42. The van der Waals surface area contributed by atoms with Crippen LogP contribution in [0.2, 0.25) is 0 Å². The van der Waals surface area contributed by atoms with Gasteiger partial charge >= 0.3 is 6.16 Å². The van der Waals surface area contributed by atoms with Crippen molar-refractivity contribution in [2.75, 3.05) is 6.61 Å². The first-order chi connectivity index (χ1) is 6.83. The van der Waals surface area contributed by atoms with Crippen molar-refractivity contribution >= 4 is 6.16 Å². The highest BCUT2D eigenvalue weighted by atomic mass is 16.7. The van der Waals surface area contributed by atoms with Gasteiger partial charge in [-0.1, -0.05) is 32.1 Å². The molecule has 1 radical (unpaired) electrons. The van der Waals surface area contributed by atoms with Gasteiger partial charge in [0.05, 0.1) is 6.61 Å². The Morgan fingerprint density at radius 2 is 2.07 bits per heavy atom. The highest BCUT2D eigenvalue weighted by Gasteiger charge is 2.13. The molecular weight excluding hydrogens is 180 g/mol. The van der Waals surface area contributed by atoms with Gasteiger partial charge in [0.1, 0.15) is 6.61 Å². The molecule has 3 nitrogen and oxygen atoms in total. The molecule has 1 aliphatic rings. The molecule has 1 aliphatic carbocycles. The largest absolute Gasteiger partial charge is 0.508 e. The van der Waals surface area contributed by atoms with E-state index in [9.17, 15) is 4.79 Å². The molecule has 1 rings (SSSR count). The maximum absolute atomic E-state index is 10.8. The average molecular weight is 199 g/mol. The number of hydrogen-bond donors (Lipinski definition) is 0. The van der Waals surface area contributed by atoms with Crippen molar-refractivity contribution in [2.45, 2.75) is 45.4 Å². The first-order valence-electron chi connectivity index (χ1n) is 5.44. The van der Waals surface area contributed by atoms with Gasteiger partial charge in [0, 0.05) is 0 Å². The third-order valence-electron chi connectivity index (χ3n) is 2.68. The van der Waals surface area contributed by atoms with E-state index < -0.39 is 6.16 Å². The van der Waals surface area contributed by atoms with Gasteiger partial charge < -0.3 is 9.47 Å². The van der Waals surface area contributed by atoms with Gasteiger partial charge in [-0.05, 0) is 19.3 Å². The zero-order chi connectivity index (χ0) is 10.2. The molecule has 0 heterocycles. The minimum absolute atomic E-state index is 0.497.